The minimum atomic E-state index is -1.75. The maximum absolute atomic E-state index is 13.5. The van der Waals surface area contributed by atoms with Crippen molar-refractivity contribution in [2.45, 2.75) is 18.2 Å². The second-order valence-electron chi connectivity index (χ2n) is 7.01. The van der Waals surface area contributed by atoms with Crippen molar-refractivity contribution in [3.8, 4) is 0 Å². The van der Waals surface area contributed by atoms with Crippen molar-refractivity contribution in [1.29, 1.82) is 0 Å². The lowest BCUT2D eigenvalue weighted by Crippen LogP contribution is -2.37. The van der Waals surface area contributed by atoms with E-state index in [1.807, 2.05) is 6.07 Å². The SMILES string of the molecule is O=C(NCc1cccnc1)c1ccc2c(c1)C(=O)C(Cc1ccc(F)c(F)c1)S(=O)N2. The maximum Gasteiger partial charge on any atom is 0.251 e. The van der Waals surface area contributed by atoms with E-state index in [0.29, 0.717) is 11.3 Å². The van der Waals surface area contributed by atoms with Gasteiger partial charge in [-0.25, -0.2) is 13.0 Å². The van der Waals surface area contributed by atoms with Crippen LogP contribution in [0.25, 0.3) is 0 Å². The molecule has 158 valence electrons. The molecule has 0 fully saturated rings. The highest BCUT2D eigenvalue weighted by Crippen LogP contribution is 2.28. The van der Waals surface area contributed by atoms with Gasteiger partial charge in [0.05, 0.1) is 5.69 Å². The molecule has 4 rings (SSSR count). The van der Waals surface area contributed by atoms with Crippen LogP contribution in [-0.4, -0.2) is 26.1 Å². The Balaban J connectivity index is 1.53. The third kappa shape index (κ3) is 4.51. The van der Waals surface area contributed by atoms with Crippen LogP contribution in [0, 0.1) is 11.6 Å². The predicted octanol–water partition coefficient (Wildman–Crippen LogP) is 3.17. The molecule has 2 heterocycles. The molecular weight excluding hydrogens is 424 g/mol. The molecule has 1 aliphatic rings. The van der Waals surface area contributed by atoms with E-state index in [4.69, 9.17) is 0 Å². The first-order valence-electron chi connectivity index (χ1n) is 9.39. The number of benzene rings is 2. The summed E-state index contributed by atoms with van der Waals surface area (Å²) in [6, 6.07) is 11.4. The number of ketones is 1. The summed E-state index contributed by atoms with van der Waals surface area (Å²) in [5, 5.41) is 1.77. The number of Topliss-reactive ketones (excluding diaryl/α,β-unsaturated/α-hetero) is 1. The van der Waals surface area contributed by atoms with Crippen molar-refractivity contribution in [2.75, 3.05) is 4.72 Å². The van der Waals surface area contributed by atoms with Crippen molar-refractivity contribution in [3.63, 3.8) is 0 Å². The summed E-state index contributed by atoms with van der Waals surface area (Å²) in [7, 11) is -1.75. The second-order valence-corrected chi connectivity index (χ2v) is 8.38. The Hall–Kier alpha value is -3.46. The largest absolute Gasteiger partial charge is 0.348 e. The van der Waals surface area contributed by atoms with Crippen LogP contribution in [0.1, 0.15) is 31.8 Å². The van der Waals surface area contributed by atoms with Crippen molar-refractivity contribution in [3.05, 3.63) is 94.8 Å². The number of nitrogens with zero attached hydrogens (tertiary/aromatic N) is 1. The molecule has 0 aliphatic carbocycles. The lowest BCUT2D eigenvalue weighted by Gasteiger charge is -2.24. The number of anilines is 1. The van der Waals surface area contributed by atoms with Gasteiger partial charge in [-0.1, -0.05) is 12.1 Å². The highest BCUT2D eigenvalue weighted by atomic mass is 32.2. The molecule has 1 aliphatic heterocycles. The normalized spacial score (nSPS) is 17.5. The monoisotopic (exact) mass is 441 g/mol. The first-order valence-corrected chi connectivity index (χ1v) is 10.6. The Morgan fingerprint density at radius 2 is 1.94 bits per heavy atom. The summed E-state index contributed by atoms with van der Waals surface area (Å²) < 4.78 is 41.9. The van der Waals surface area contributed by atoms with Crippen LogP contribution in [0.5, 0.6) is 0 Å². The topological polar surface area (TPSA) is 88.2 Å². The highest BCUT2D eigenvalue weighted by Gasteiger charge is 2.34. The zero-order chi connectivity index (χ0) is 22.0. The van der Waals surface area contributed by atoms with Crippen molar-refractivity contribution in [1.82, 2.24) is 10.3 Å². The zero-order valence-corrected chi connectivity index (χ0v) is 16.9. The molecular formula is C22H17F2N3O3S. The van der Waals surface area contributed by atoms with Crippen molar-refractivity contribution in [2.24, 2.45) is 0 Å². The Morgan fingerprint density at radius 1 is 1.10 bits per heavy atom. The average Bonchev–Trinajstić information content (AvgIpc) is 2.78. The number of fused-ring (bicyclic) bond motifs is 1. The van der Waals surface area contributed by atoms with E-state index in [9.17, 15) is 22.6 Å². The number of pyridine rings is 1. The van der Waals surface area contributed by atoms with Crippen molar-refractivity contribution < 1.29 is 22.6 Å². The van der Waals surface area contributed by atoms with Crippen LogP contribution in [0.15, 0.2) is 60.9 Å². The van der Waals surface area contributed by atoms with Crippen LogP contribution in [0.2, 0.25) is 0 Å². The van der Waals surface area contributed by atoms with E-state index in [0.717, 1.165) is 17.7 Å². The number of carbonyl (C=O) groups excluding carboxylic acids is 2. The molecule has 6 nitrogen and oxygen atoms in total. The van der Waals surface area contributed by atoms with E-state index in [-0.39, 0.29) is 30.0 Å². The Kier molecular flexibility index (Phi) is 5.85. The molecule has 2 N–H and O–H groups in total. The average molecular weight is 441 g/mol. The number of rotatable bonds is 5. The highest BCUT2D eigenvalue weighted by molar-refractivity contribution is 7.88. The summed E-state index contributed by atoms with van der Waals surface area (Å²) >= 11 is 0. The molecule has 3 aromatic rings. The predicted molar refractivity (Wildman–Crippen MR) is 112 cm³/mol. The number of nitrogens with one attached hydrogen (secondary N) is 2. The Bertz CT molecular complexity index is 1190. The van der Waals surface area contributed by atoms with Crippen LogP contribution < -0.4 is 10.0 Å². The first-order chi connectivity index (χ1) is 14.9. The van der Waals surface area contributed by atoms with E-state index in [2.05, 4.69) is 15.0 Å². The van der Waals surface area contributed by atoms with E-state index >= 15 is 0 Å². The van der Waals surface area contributed by atoms with E-state index in [1.165, 1.54) is 24.3 Å². The molecule has 0 spiro atoms. The molecule has 9 heteroatoms. The first kappa shape index (κ1) is 20.8. The zero-order valence-electron chi connectivity index (χ0n) is 16.1. The second kappa shape index (κ2) is 8.73. The van der Waals surface area contributed by atoms with Gasteiger partial charge in [0.25, 0.3) is 5.91 Å². The van der Waals surface area contributed by atoms with Gasteiger partial charge in [-0.05, 0) is 53.9 Å². The number of hydrogen-bond acceptors (Lipinski definition) is 4. The van der Waals surface area contributed by atoms with Crippen LogP contribution in [0.4, 0.5) is 14.5 Å². The summed E-state index contributed by atoms with van der Waals surface area (Å²) in [4.78, 5) is 29.5. The molecule has 0 bridgehead atoms. The number of carbonyl (C=O) groups is 2. The third-order valence-electron chi connectivity index (χ3n) is 4.89. The number of aromatic nitrogens is 1. The molecule has 31 heavy (non-hydrogen) atoms. The molecule has 2 unspecified atom stereocenters. The minimum Gasteiger partial charge on any atom is -0.348 e. The fourth-order valence-electron chi connectivity index (χ4n) is 3.26. The van der Waals surface area contributed by atoms with E-state index in [1.54, 1.807) is 18.5 Å². The molecule has 0 saturated heterocycles. The van der Waals surface area contributed by atoms with Gasteiger partial charge < -0.3 is 10.0 Å². The molecule has 1 aromatic heterocycles. The van der Waals surface area contributed by atoms with E-state index < -0.39 is 33.7 Å². The molecule has 0 saturated carbocycles. The smallest absolute Gasteiger partial charge is 0.251 e. The summed E-state index contributed by atoms with van der Waals surface area (Å²) in [5.74, 6) is -2.83. The fraction of sp³-hybridized carbons (Fsp3) is 0.136. The minimum absolute atomic E-state index is 0.0352. The Morgan fingerprint density at radius 3 is 2.68 bits per heavy atom. The maximum atomic E-state index is 13.5. The van der Waals surface area contributed by atoms with Gasteiger partial charge in [-0.15, -0.1) is 0 Å². The van der Waals surface area contributed by atoms with Gasteiger partial charge in [0.1, 0.15) is 16.2 Å². The lowest BCUT2D eigenvalue weighted by molar-refractivity contribution is 0.0951. The summed E-state index contributed by atoms with van der Waals surface area (Å²) in [5.41, 5.74) is 2.03. The van der Waals surface area contributed by atoms with Gasteiger partial charge in [-0.3, -0.25) is 14.6 Å². The van der Waals surface area contributed by atoms with Crippen LogP contribution in [0.3, 0.4) is 0 Å². The lowest BCUT2D eigenvalue weighted by atomic mass is 9.98. The molecule has 2 atom stereocenters. The van der Waals surface area contributed by atoms with Gasteiger partial charge in [0.15, 0.2) is 17.4 Å². The standard InChI is InChI=1S/C22H17F2N3O3S/c23-17-5-3-13(8-18(17)24)9-20-21(28)16-10-15(4-6-19(16)27-31(20)30)22(29)26-12-14-2-1-7-25-11-14/h1-8,10-11,20,27H,9,12H2,(H,26,29). The number of amides is 1. The molecule has 0 radical (unpaired) electrons. The number of halogens is 2. The third-order valence-corrected chi connectivity index (χ3v) is 6.21. The van der Waals surface area contributed by atoms with Gasteiger partial charge in [-0.2, -0.15) is 0 Å². The Labute approximate surface area is 179 Å². The quantitative estimate of drug-likeness (QED) is 0.637. The van der Waals surface area contributed by atoms with Gasteiger partial charge in [0, 0.05) is 30.1 Å². The summed E-state index contributed by atoms with van der Waals surface area (Å²) in [6.45, 7) is 0.277. The van der Waals surface area contributed by atoms with Gasteiger partial charge in [0.2, 0.25) is 0 Å². The van der Waals surface area contributed by atoms with Crippen LogP contribution >= 0.6 is 0 Å². The molecule has 2 aromatic carbocycles. The van der Waals surface area contributed by atoms with Gasteiger partial charge >= 0.3 is 0 Å². The summed E-state index contributed by atoms with van der Waals surface area (Å²) in [6.07, 6.45) is 3.24. The molecule has 1 amide bonds. The van der Waals surface area contributed by atoms with Crippen LogP contribution in [-0.2, 0) is 24.0 Å². The fourth-order valence-corrected chi connectivity index (χ4v) is 4.47. The number of hydrogen-bond donors (Lipinski definition) is 2. The van der Waals surface area contributed by atoms with Crippen molar-refractivity contribution >= 4 is 28.4 Å².